The van der Waals surface area contributed by atoms with Crippen LogP contribution >= 0.6 is 0 Å². The first-order valence-electron chi connectivity index (χ1n) is 2.72. The topological polar surface area (TPSA) is 40.5 Å². The van der Waals surface area contributed by atoms with Crippen LogP contribution < -0.4 is 5.46 Å². The third-order valence-electron chi connectivity index (χ3n) is 1.10. The van der Waals surface area contributed by atoms with Gasteiger partial charge in [0.15, 0.2) is 0 Å². The molecule has 0 radical (unpaired) electrons. The summed E-state index contributed by atoms with van der Waals surface area (Å²) >= 11 is 0. The third kappa shape index (κ3) is 3.04. The molecular formula is C6H9BCaO2. The number of rotatable bonds is 1. The second-order valence-electron chi connectivity index (χ2n) is 1.78. The van der Waals surface area contributed by atoms with Gasteiger partial charge in [0.2, 0.25) is 0 Å². The van der Waals surface area contributed by atoms with Crippen molar-refractivity contribution in [3.8, 4) is 0 Å². The fourth-order valence-electron chi connectivity index (χ4n) is 0.625. The van der Waals surface area contributed by atoms with Gasteiger partial charge in [-0.2, -0.15) is 0 Å². The SMILES string of the molecule is OB(O)c1ccccc1.[CaH2]. The van der Waals surface area contributed by atoms with Gasteiger partial charge in [0.25, 0.3) is 0 Å². The average Bonchev–Trinajstić information content (AvgIpc) is 1.90. The molecule has 0 atom stereocenters. The molecule has 2 nitrogen and oxygen atoms in total. The van der Waals surface area contributed by atoms with Gasteiger partial charge in [-0.25, -0.2) is 0 Å². The molecule has 0 heterocycles. The predicted octanol–water partition coefficient (Wildman–Crippen LogP) is -1.55. The number of hydrogen-bond donors (Lipinski definition) is 2. The van der Waals surface area contributed by atoms with Crippen LogP contribution in [0.15, 0.2) is 30.3 Å². The monoisotopic (exact) mass is 164 g/mol. The van der Waals surface area contributed by atoms with Crippen LogP contribution in [0.5, 0.6) is 0 Å². The Kier molecular flexibility index (Phi) is 5.40. The van der Waals surface area contributed by atoms with Crippen LogP contribution in [-0.2, 0) is 0 Å². The molecule has 0 saturated heterocycles. The summed E-state index contributed by atoms with van der Waals surface area (Å²) in [6, 6.07) is 8.66. The molecule has 0 amide bonds. The van der Waals surface area contributed by atoms with Gasteiger partial charge in [0, 0.05) is 0 Å². The van der Waals surface area contributed by atoms with Crippen molar-refractivity contribution in [1.82, 2.24) is 0 Å². The van der Waals surface area contributed by atoms with Crippen LogP contribution in [0.4, 0.5) is 0 Å². The molecule has 0 unspecified atom stereocenters. The van der Waals surface area contributed by atoms with E-state index in [1.54, 1.807) is 24.3 Å². The molecule has 4 heteroatoms. The molecule has 10 heavy (non-hydrogen) atoms. The molecule has 0 spiro atoms. The summed E-state index contributed by atoms with van der Waals surface area (Å²) < 4.78 is 0. The zero-order chi connectivity index (χ0) is 6.69. The summed E-state index contributed by atoms with van der Waals surface area (Å²) in [5.74, 6) is 0. The number of hydrogen-bond acceptors (Lipinski definition) is 2. The van der Waals surface area contributed by atoms with Crippen molar-refractivity contribution in [2.45, 2.75) is 0 Å². The molecule has 1 aromatic carbocycles. The fourth-order valence-corrected chi connectivity index (χ4v) is 0.625. The average molecular weight is 164 g/mol. The van der Waals surface area contributed by atoms with E-state index in [2.05, 4.69) is 0 Å². The van der Waals surface area contributed by atoms with E-state index in [0.717, 1.165) is 0 Å². The second-order valence-corrected chi connectivity index (χ2v) is 1.78. The van der Waals surface area contributed by atoms with E-state index in [4.69, 9.17) is 10.0 Å². The Balaban J connectivity index is 0.000000810. The van der Waals surface area contributed by atoms with Gasteiger partial charge in [-0.15, -0.1) is 0 Å². The molecule has 0 aromatic heterocycles. The first-order valence-corrected chi connectivity index (χ1v) is 2.72. The summed E-state index contributed by atoms with van der Waals surface area (Å²) in [6.45, 7) is 0. The summed E-state index contributed by atoms with van der Waals surface area (Å²) in [4.78, 5) is 0. The standard InChI is InChI=1S/C6H7BO2.Ca.2H/c8-7(9)6-4-2-1-3-5-6;;;/h1-5,8-9H;;;. The fraction of sp³-hybridized carbons (Fsp3) is 0. The Morgan fingerprint density at radius 1 is 1.00 bits per heavy atom. The molecular weight excluding hydrogens is 155 g/mol. The van der Waals surface area contributed by atoms with Crippen molar-refractivity contribution in [2.24, 2.45) is 0 Å². The summed E-state index contributed by atoms with van der Waals surface area (Å²) in [5, 5.41) is 17.2. The zero-order valence-electron chi connectivity index (χ0n) is 4.86. The Bertz CT molecular complexity index is 178. The molecule has 1 rings (SSSR count). The van der Waals surface area contributed by atoms with Crippen molar-refractivity contribution in [3.05, 3.63) is 30.3 Å². The molecule has 0 aliphatic rings. The molecule has 0 saturated carbocycles. The van der Waals surface area contributed by atoms with Gasteiger partial charge in [-0.3, -0.25) is 0 Å². The van der Waals surface area contributed by atoms with E-state index >= 15 is 0 Å². The van der Waals surface area contributed by atoms with Crippen molar-refractivity contribution < 1.29 is 10.0 Å². The normalized spacial score (nSPS) is 8.20. The van der Waals surface area contributed by atoms with E-state index < -0.39 is 7.12 Å². The molecule has 0 aliphatic carbocycles. The predicted molar refractivity (Wildman–Crippen MR) is 44.8 cm³/mol. The maximum atomic E-state index is 8.58. The number of benzene rings is 1. The van der Waals surface area contributed by atoms with Gasteiger partial charge >= 0.3 is 44.9 Å². The second kappa shape index (κ2) is 5.16. The Morgan fingerprint density at radius 3 is 1.80 bits per heavy atom. The Labute approximate surface area is 90.0 Å². The molecule has 0 bridgehead atoms. The van der Waals surface area contributed by atoms with Crippen molar-refractivity contribution in [3.63, 3.8) is 0 Å². The maximum absolute atomic E-state index is 8.58. The van der Waals surface area contributed by atoms with Crippen LogP contribution in [0, 0.1) is 0 Å². The molecule has 50 valence electrons. The molecule has 2 N–H and O–H groups in total. The van der Waals surface area contributed by atoms with Crippen molar-refractivity contribution in [1.29, 1.82) is 0 Å². The summed E-state index contributed by atoms with van der Waals surface area (Å²) in [5.41, 5.74) is 0.525. The van der Waals surface area contributed by atoms with Crippen molar-refractivity contribution in [2.75, 3.05) is 0 Å². The Morgan fingerprint density at radius 2 is 1.50 bits per heavy atom. The molecule has 0 fully saturated rings. The van der Waals surface area contributed by atoms with Crippen LogP contribution in [-0.4, -0.2) is 54.9 Å². The van der Waals surface area contributed by atoms with Gasteiger partial charge < -0.3 is 10.0 Å². The molecule has 0 aliphatic heterocycles. The van der Waals surface area contributed by atoms with E-state index in [9.17, 15) is 0 Å². The van der Waals surface area contributed by atoms with Gasteiger partial charge in [-0.05, 0) is 5.46 Å². The first-order chi connectivity index (χ1) is 4.30. The van der Waals surface area contributed by atoms with Crippen LogP contribution in [0.2, 0.25) is 0 Å². The van der Waals surface area contributed by atoms with E-state index in [1.807, 2.05) is 6.07 Å². The van der Waals surface area contributed by atoms with E-state index in [1.165, 1.54) is 0 Å². The van der Waals surface area contributed by atoms with Gasteiger partial charge in [-0.1, -0.05) is 30.3 Å². The minimum absolute atomic E-state index is 0. The third-order valence-corrected chi connectivity index (χ3v) is 1.10. The quantitative estimate of drug-likeness (QED) is 0.493. The minimum atomic E-state index is -1.34. The Hall–Kier alpha value is 0.465. The van der Waals surface area contributed by atoms with Gasteiger partial charge in [0.05, 0.1) is 0 Å². The molecule has 1 aromatic rings. The van der Waals surface area contributed by atoms with Gasteiger partial charge in [0.1, 0.15) is 0 Å². The van der Waals surface area contributed by atoms with Crippen LogP contribution in [0.25, 0.3) is 0 Å². The zero-order valence-corrected chi connectivity index (χ0v) is 4.86. The van der Waals surface area contributed by atoms with Crippen molar-refractivity contribution >= 4 is 50.3 Å². The summed E-state index contributed by atoms with van der Waals surface area (Å²) in [6.07, 6.45) is 0. The van der Waals surface area contributed by atoms with E-state index in [-0.39, 0.29) is 37.7 Å². The van der Waals surface area contributed by atoms with Crippen LogP contribution in [0.1, 0.15) is 0 Å². The summed E-state index contributed by atoms with van der Waals surface area (Å²) in [7, 11) is -1.34. The first kappa shape index (κ1) is 10.5. The van der Waals surface area contributed by atoms with E-state index in [0.29, 0.717) is 5.46 Å². The van der Waals surface area contributed by atoms with Crippen LogP contribution in [0.3, 0.4) is 0 Å².